The molecular formula is C44H60N4O2. The maximum absolute atomic E-state index is 13.5. The van der Waals surface area contributed by atoms with Crippen molar-refractivity contribution in [2.75, 3.05) is 13.1 Å². The summed E-state index contributed by atoms with van der Waals surface area (Å²) in [7, 11) is 0. The van der Waals surface area contributed by atoms with E-state index in [0.29, 0.717) is 42.7 Å². The lowest BCUT2D eigenvalue weighted by molar-refractivity contribution is -0.152. The summed E-state index contributed by atoms with van der Waals surface area (Å²) in [5.74, 6) is 1.78. The Morgan fingerprint density at radius 1 is 0.560 bits per heavy atom. The number of rotatable bonds is 10. The SMILES string of the molecule is CC1(C)C(C(=O)NC2CCC(CCN3C4CCC3c3ccccc34)CC2)CC1C(=O)NC1CCC(CCN2C3CCC2c2ccccc23)CC1. The van der Waals surface area contributed by atoms with Crippen LogP contribution >= 0.6 is 0 Å². The maximum atomic E-state index is 13.5. The van der Waals surface area contributed by atoms with E-state index in [4.69, 9.17) is 0 Å². The molecule has 268 valence electrons. The zero-order valence-corrected chi connectivity index (χ0v) is 30.6. The van der Waals surface area contributed by atoms with E-state index in [1.165, 1.54) is 77.3 Å². The standard InChI is InChI=1S/C44H60N4O2/c1-44(2)36(42(49)45-30-15-11-28(12-16-30)23-25-47-38-19-20-39(47)33-8-4-3-7-32(33)38)27-37(44)43(50)46-31-17-13-29(14-18-31)24-26-48-40-21-22-41(48)35-10-6-5-9-34(35)40/h3-10,28-31,36-41H,11-27H2,1-2H3,(H,45,49)(H,46,50). The third kappa shape index (κ3) is 5.85. The molecule has 0 radical (unpaired) electrons. The number of nitrogens with one attached hydrogen (secondary N) is 2. The fraction of sp³-hybridized carbons (Fsp3) is 0.682. The van der Waals surface area contributed by atoms with Crippen molar-refractivity contribution in [2.24, 2.45) is 29.1 Å². The average Bonchev–Trinajstić information content (AvgIpc) is 3.89. The van der Waals surface area contributed by atoms with Gasteiger partial charge in [-0.2, -0.15) is 0 Å². The van der Waals surface area contributed by atoms with E-state index in [2.05, 4.69) is 82.8 Å². The van der Waals surface area contributed by atoms with Crippen LogP contribution in [0.4, 0.5) is 0 Å². The van der Waals surface area contributed by atoms with Crippen LogP contribution in [0.15, 0.2) is 48.5 Å². The predicted octanol–water partition coefficient (Wildman–Crippen LogP) is 8.56. The average molecular weight is 677 g/mol. The van der Waals surface area contributed by atoms with Gasteiger partial charge in [0.15, 0.2) is 0 Å². The number of benzene rings is 2. The Balaban J connectivity index is 0.675. The third-order valence-electron chi connectivity index (χ3n) is 15.3. The Morgan fingerprint density at radius 2 is 0.900 bits per heavy atom. The van der Waals surface area contributed by atoms with Gasteiger partial charge in [-0.15, -0.1) is 0 Å². The number of amides is 2. The molecule has 2 amide bonds. The number of carbonyl (C=O) groups is 2. The molecule has 2 aromatic rings. The van der Waals surface area contributed by atoms with Crippen molar-refractivity contribution < 1.29 is 9.59 Å². The Morgan fingerprint density at radius 3 is 1.22 bits per heavy atom. The molecule has 2 N–H and O–H groups in total. The number of carbonyl (C=O) groups excluding carboxylic acids is 2. The summed E-state index contributed by atoms with van der Waals surface area (Å²) in [4.78, 5) is 32.5. The van der Waals surface area contributed by atoms with E-state index >= 15 is 0 Å². The topological polar surface area (TPSA) is 64.7 Å². The second-order valence-electron chi connectivity index (χ2n) is 18.1. The highest BCUT2D eigenvalue weighted by atomic mass is 16.2. The van der Waals surface area contributed by atoms with E-state index in [9.17, 15) is 9.59 Å². The summed E-state index contributed by atoms with van der Waals surface area (Å²) in [5.41, 5.74) is 6.04. The van der Waals surface area contributed by atoms with Crippen molar-refractivity contribution in [1.29, 1.82) is 0 Å². The lowest BCUT2D eigenvalue weighted by atomic mass is 9.54. The second kappa shape index (κ2) is 13.4. The molecule has 2 saturated heterocycles. The molecule has 4 aliphatic heterocycles. The van der Waals surface area contributed by atoms with Gasteiger partial charge in [-0.3, -0.25) is 19.4 Å². The molecule has 6 heteroatoms. The molecule has 6 unspecified atom stereocenters. The van der Waals surface area contributed by atoms with Gasteiger partial charge >= 0.3 is 0 Å². The highest BCUT2D eigenvalue weighted by Crippen LogP contribution is 2.55. The zero-order chi connectivity index (χ0) is 34.0. The fourth-order valence-corrected chi connectivity index (χ4v) is 12.2. The summed E-state index contributed by atoms with van der Waals surface area (Å²) in [6.07, 6.45) is 17.8. The van der Waals surface area contributed by atoms with Gasteiger partial charge in [0.05, 0.1) is 0 Å². The first-order chi connectivity index (χ1) is 24.3. The largest absolute Gasteiger partial charge is 0.353 e. The molecule has 6 atom stereocenters. The van der Waals surface area contributed by atoms with Gasteiger partial charge in [0.2, 0.25) is 11.8 Å². The van der Waals surface area contributed by atoms with Crippen LogP contribution < -0.4 is 10.6 Å². The highest BCUT2D eigenvalue weighted by molar-refractivity contribution is 5.87. The van der Waals surface area contributed by atoms with Crippen molar-refractivity contribution >= 4 is 11.8 Å². The van der Waals surface area contributed by atoms with Crippen LogP contribution in [-0.4, -0.2) is 46.8 Å². The summed E-state index contributed by atoms with van der Waals surface area (Å²) in [5, 5.41) is 6.88. The van der Waals surface area contributed by atoms with Crippen LogP contribution in [0.3, 0.4) is 0 Å². The second-order valence-corrected chi connectivity index (χ2v) is 18.1. The van der Waals surface area contributed by atoms with E-state index in [0.717, 1.165) is 37.5 Å². The number of hydrogen-bond donors (Lipinski definition) is 2. The van der Waals surface area contributed by atoms with E-state index < -0.39 is 0 Å². The number of hydrogen-bond acceptors (Lipinski definition) is 4. The van der Waals surface area contributed by atoms with Crippen molar-refractivity contribution in [3.63, 3.8) is 0 Å². The zero-order valence-electron chi connectivity index (χ0n) is 30.6. The van der Waals surface area contributed by atoms with Crippen molar-refractivity contribution in [2.45, 2.75) is 146 Å². The lowest BCUT2D eigenvalue weighted by Crippen LogP contribution is -2.59. The molecule has 9 rings (SSSR count). The predicted molar refractivity (Wildman–Crippen MR) is 198 cm³/mol. The van der Waals surface area contributed by atoms with Crippen LogP contribution in [0, 0.1) is 29.1 Å². The molecule has 0 spiro atoms. The van der Waals surface area contributed by atoms with Crippen molar-refractivity contribution in [1.82, 2.24) is 20.4 Å². The van der Waals surface area contributed by atoms with Gasteiger partial charge in [0, 0.05) is 48.1 Å². The molecular weight excluding hydrogens is 617 g/mol. The minimum Gasteiger partial charge on any atom is -0.353 e. The normalized spacial score (nSPS) is 36.8. The molecule has 7 aliphatic rings. The van der Waals surface area contributed by atoms with Crippen molar-refractivity contribution in [3.05, 3.63) is 70.8 Å². The Bertz CT molecular complexity index is 1400. The quantitative estimate of drug-likeness (QED) is 0.265. The molecule has 3 aliphatic carbocycles. The van der Waals surface area contributed by atoms with Gasteiger partial charge < -0.3 is 10.6 Å². The van der Waals surface area contributed by atoms with Crippen LogP contribution in [0.5, 0.6) is 0 Å². The monoisotopic (exact) mass is 676 g/mol. The molecule has 5 fully saturated rings. The van der Waals surface area contributed by atoms with Gasteiger partial charge in [0.25, 0.3) is 0 Å². The summed E-state index contributed by atoms with van der Waals surface area (Å²) in [6, 6.07) is 21.4. The Kier molecular flexibility index (Phi) is 8.87. The first-order valence-corrected chi connectivity index (χ1v) is 20.6. The molecule has 50 heavy (non-hydrogen) atoms. The lowest BCUT2D eigenvalue weighted by Gasteiger charge is -2.50. The molecule has 0 aromatic heterocycles. The Labute approximate surface area is 300 Å². The van der Waals surface area contributed by atoms with Crippen molar-refractivity contribution in [3.8, 4) is 0 Å². The highest BCUT2D eigenvalue weighted by Gasteiger charge is 2.55. The summed E-state index contributed by atoms with van der Waals surface area (Å²) < 4.78 is 0. The van der Waals surface area contributed by atoms with Gasteiger partial charge in [0.1, 0.15) is 0 Å². The van der Waals surface area contributed by atoms with Gasteiger partial charge in [-0.25, -0.2) is 0 Å². The van der Waals surface area contributed by atoms with Crippen LogP contribution in [0.1, 0.15) is 157 Å². The minimum atomic E-state index is -0.290. The maximum Gasteiger partial charge on any atom is 0.223 e. The molecule has 2 aromatic carbocycles. The Hall–Kier alpha value is -2.70. The third-order valence-corrected chi connectivity index (χ3v) is 15.3. The molecule has 6 nitrogen and oxygen atoms in total. The van der Waals surface area contributed by atoms with Gasteiger partial charge in [-0.05, 0) is 149 Å². The van der Waals surface area contributed by atoms with E-state index in [-0.39, 0.29) is 29.1 Å². The summed E-state index contributed by atoms with van der Waals surface area (Å²) in [6.45, 7) is 6.71. The van der Waals surface area contributed by atoms with E-state index in [1.807, 2.05) is 0 Å². The molecule has 4 heterocycles. The number of nitrogens with zero attached hydrogens (tertiary/aromatic N) is 2. The van der Waals surface area contributed by atoms with Gasteiger partial charge in [-0.1, -0.05) is 62.4 Å². The molecule has 3 saturated carbocycles. The van der Waals surface area contributed by atoms with E-state index in [1.54, 1.807) is 22.3 Å². The smallest absolute Gasteiger partial charge is 0.223 e. The first-order valence-electron chi connectivity index (χ1n) is 20.6. The molecule has 4 bridgehead atoms. The number of fused-ring (bicyclic) bond motifs is 10. The van der Waals surface area contributed by atoms with Crippen LogP contribution in [-0.2, 0) is 9.59 Å². The summed E-state index contributed by atoms with van der Waals surface area (Å²) >= 11 is 0. The first kappa shape index (κ1) is 33.2. The van der Waals surface area contributed by atoms with Crippen LogP contribution in [0.25, 0.3) is 0 Å². The van der Waals surface area contributed by atoms with Crippen LogP contribution in [0.2, 0.25) is 0 Å². The minimum absolute atomic E-state index is 0.0639. The fourth-order valence-electron chi connectivity index (χ4n) is 12.2.